The number of nitrogens with one attached hydrogen (secondary N) is 1. The van der Waals surface area contributed by atoms with E-state index in [1.807, 2.05) is 6.92 Å². The van der Waals surface area contributed by atoms with Gasteiger partial charge in [0.1, 0.15) is 0 Å². The highest BCUT2D eigenvalue weighted by Gasteiger charge is 2.41. The highest BCUT2D eigenvalue weighted by Crippen LogP contribution is 2.36. The third-order valence-corrected chi connectivity index (χ3v) is 5.24. The van der Waals surface area contributed by atoms with Crippen LogP contribution in [-0.4, -0.2) is 41.6 Å². The fourth-order valence-corrected chi connectivity index (χ4v) is 3.46. The first kappa shape index (κ1) is 16.1. The quantitative estimate of drug-likeness (QED) is 0.792. The van der Waals surface area contributed by atoms with E-state index in [1.165, 1.54) is 19.3 Å². The van der Waals surface area contributed by atoms with Gasteiger partial charge in [0.15, 0.2) is 0 Å². The molecule has 5 nitrogen and oxygen atoms in total. The van der Waals surface area contributed by atoms with E-state index in [1.54, 1.807) is 4.90 Å². The maximum absolute atomic E-state index is 12.1. The maximum Gasteiger partial charge on any atom is 0.317 e. The van der Waals surface area contributed by atoms with Crippen LogP contribution in [0.4, 0.5) is 4.79 Å². The van der Waals surface area contributed by atoms with Crippen LogP contribution in [0.3, 0.4) is 0 Å². The minimum Gasteiger partial charge on any atom is -0.481 e. The van der Waals surface area contributed by atoms with Crippen LogP contribution in [0.1, 0.15) is 58.3 Å². The van der Waals surface area contributed by atoms with Gasteiger partial charge in [-0.25, -0.2) is 4.79 Å². The molecule has 120 valence electrons. The summed E-state index contributed by atoms with van der Waals surface area (Å²) in [6, 6.07) is -0.0233. The van der Waals surface area contributed by atoms with Gasteiger partial charge in [0.25, 0.3) is 0 Å². The van der Waals surface area contributed by atoms with Crippen molar-refractivity contribution in [1.29, 1.82) is 0 Å². The summed E-state index contributed by atoms with van der Waals surface area (Å²) in [5.74, 6) is 0.102. The molecule has 0 aromatic carbocycles. The summed E-state index contributed by atoms with van der Waals surface area (Å²) >= 11 is 0. The highest BCUT2D eigenvalue weighted by molar-refractivity contribution is 5.77. The average Bonchev–Trinajstić information content (AvgIpc) is 2.42. The maximum atomic E-state index is 12.1. The minimum absolute atomic E-state index is 0.0233. The molecular formula is C16H28N2O3. The van der Waals surface area contributed by atoms with Crippen LogP contribution in [0, 0.1) is 11.3 Å². The Morgan fingerprint density at radius 2 is 1.95 bits per heavy atom. The second-order valence-corrected chi connectivity index (χ2v) is 6.64. The minimum atomic E-state index is -0.700. The molecule has 2 fully saturated rings. The van der Waals surface area contributed by atoms with Gasteiger partial charge < -0.3 is 15.3 Å². The smallest absolute Gasteiger partial charge is 0.317 e. The Morgan fingerprint density at radius 3 is 2.43 bits per heavy atom. The largest absolute Gasteiger partial charge is 0.481 e. The van der Waals surface area contributed by atoms with Crippen molar-refractivity contribution in [2.75, 3.05) is 19.6 Å². The molecule has 0 unspecified atom stereocenters. The van der Waals surface area contributed by atoms with Crippen molar-refractivity contribution >= 4 is 12.0 Å². The first-order valence-electron chi connectivity index (χ1n) is 8.33. The van der Waals surface area contributed by atoms with Crippen LogP contribution >= 0.6 is 0 Å². The molecule has 0 aromatic rings. The van der Waals surface area contributed by atoms with Gasteiger partial charge in [-0.15, -0.1) is 0 Å². The van der Waals surface area contributed by atoms with Gasteiger partial charge in [0.2, 0.25) is 0 Å². The molecule has 1 saturated carbocycles. The molecule has 5 heteroatoms. The number of piperidine rings is 1. The molecular weight excluding hydrogens is 268 g/mol. The average molecular weight is 296 g/mol. The van der Waals surface area contributed by atoms with Crippen LogP contribution in [0.25, 0.3) is 0 Å². The van der Waals surface area contributed by atoms with Crippen molar-refractivity contribution in [2.45, 2.75) is 58.3 Å². The Morgan fingerprint density at radius 1 is 1.29 bits per heavy atom. The summed E-state index contributed by atoms with van der Waals surface area (Å²) in [4.78, 5) is 25.4. The highest BCUT2D eigenvalue weighted by atomic mass is 16.4. The van der Waals surface area contributed by atoms with Crippen molar-refractivity contribution in [3.63, 3.8) is 0 Å². The number of aliphatic carboxylic acids is 1. The van der Waals surface area contributed by atoms with Gasteiger partial charge in [0, 0.05) is 19.6 Å². The monoisotopic (exact) mass is 296 g/mol. The number of rotatable bonds is 6. The second kappa shape index (κ2) is 7.14. The molecule has 21 heavy (non-hydrogen) atoms. The van der Waals surface area contributed by atoms with Crippen LogP contribution in [0.15, 0.2) is 0 Å². The topological polar surface area (TPSA) is 69.6 Å². The molecule has 0 spiro atoms. The molecule has 0 aromatic heterocycles. The van der Waals surface area contributed by atoms with Gasteiger partial charge in [-0.1, -0.05) is 32.6 Å². The van der Waals surface area contributed by atoms with Gasteiger partial charge in [-0.2, -0.15) is 0 Å². The van der Waals surface area contributed by atoms with E-state index in [-0.39, 0.29) is 6.03 Å². The van der Waals surface area contributed by atoms with Crippen LogP contribution in [0.2, 0.25) is 0 Å². The first-order chi connectivity index (χ1) is 10.1. The zero-order chi connectivity index (χ0) is 15.3. The zero-order valence-electron chi connectivity index (χ0n) is 13.1. The SMILES string of the molecule is CCCC1(C(=O)O)CCN(C(=O)NCCC2CCC2)CC1. The zero-order valence-corrected chi connectivity index (χ0v) is 13.1. The Balaban J connectivity index is 1.73. The molecule has 0 atom stereocenters. The molecule has 2 amide bonds. The number of amides is 2. The van der Waals surface area contributed by atoms with Crippen molar-refractivity contribution < 1.29 is 14.7 Å². The molecule has 2 aliphatic rings. The lowest BCUT2D eigenvalue weighted by Gasteiger charge is -2.38. The Hall–Kier alpha value is -1.26. The predicted octanol–water partition coefficient (Wildman–Crippen LogP) is 2.85. The standard InChI is InChI=1S/C16H28N2O3/c1-2-7-16(14(19)20)8-11-18(12-9-16)15(21)17-10-6-13-4-3-5-13/h13H,2-12H2,1H3,(H,17,21)(H,19,20). The van der Waals surface area contributed by atoms with Gasteiger partial charge in [-0.3, -0.25) is 4.79 Å². The Labute approximate surface area is 127 Å². The summed E-state index contributed by atoms with van der Waals surface area (Å²) in [6.07, 6.45) is 7.75. The van der Waals surface area contributed by atoms with Gasteiger partial charge in [-0.05, 0) is 31.6 Å². The Bertz CT molecular complexity index is 372. The summed E-state index contributed by atoms with van der Waals surface area (Å²) in [7, 11) is 0. The number of hydrogen-bond donors (Lipinski definition) is 2. The van der Waals surface area contributed by atoms with Crippen molar-refractivity contribution in [3.05, 3.63) is 0 Å². The number of carbonyl (C=O) groups excluding carboxylic acids is 1. The summed E-state index contributed by atoms with van der Waals surface area (Å²) in [5, 5.41) is 12.4. The van der Waals surface area contributed by atoms with Crippen LogP contribution in [-0.2, 0) is 4.79 Å². The summed E-state index contributed by atoms with van der Waals surface area (Å²) in [5.41, 5.74) is -0.614. The fourth-order valence-electron chi connectivity index (χ4n) is 3.46. The molecule has 2 rings (SSSR count). The molecule has 0 radical (unpaired) electrons. The molecule has 2 N–H and O–H groups in total. The second-order valence-electron chi connectivity index (χ2n) is 6.64. The van der Waals surface area contributed by atoms with E-state index in [2.05, 4.69) is 5.32 Å². The van der Waals surface area contributed by atoms with E-state index in [4.69, 9.17) is 0 Å². The van der Waals surface area contributed by atoms with E-state index < -0.39 is 11.4 Å². The number of carboxylic acid groups (broad SMARTS) is 1. The van der Waals surface area contributed by atoms with Crippen LogP contribution < -0.4 is 5.32 Å². The number of carboxylic acids is 1. The first-order valence-corrected chi connectivity index (χ1v) is 8.33. The Kier molecular flexibility index (Phi) is 5.48. The summed E-state index contributed by atoms with van der Waals surface area (Å²) in [6.45, 7) is 3.88. The number of likely N-dealkylation sites (tertiary alicyclic amines) is 1. The molecule has 1 saturated heterocycles. The molecule has 1 aliphatic heterocycles. The number of nitrogens with zero attached hydrogens (tertiary/aromatic N) is 1. The normalized spacial score (nSPS) is 21.7. The van der Waals surface area contributed by atoms with Crippen molar-refractivity contribution in [1.82, 2.24) is 10.2 Å². The van der Waals surface area contributed by atoms with E-state index >= 15 is 0 Å². The third-order valence-electron chi connectivity index (χ3n) is 5.24. The fraction of sp³-hybridized carbons (Fsp3) is 0.875. The van der Waals surface area contributed by atoms with Crippen molar-refractivity contribution in [2.24, 2.45) is 11.3 Å². The number of carbonyl (C=O) groups is 2. The molecule has 0 bridgehead atoms. The number of hydrogen-bond acceptors (Lipinski definition) is 2. The van der Waals surface area contributed by atoms with E-state index in [9.17, 15) is 14.7 Å². The lowest BCUT2D eigenvalue weighted by Crippen LogP contribution is -2.49. The van der Waals surface area contributed by atoms with Gasteiger partial charge >= 0.3 is 12.0 Å². The van der Waals surface area contributed by atoms with E-state index in [0.29, 0.717) is 32.4 Å². The molecule has 1 heterocycles. The lowest BCUT2D eigenvalue weighted by molar-refractivity contribution is -0.152. The van der Waals surface area contributed by atoms with Crippen LogP contribution in [0.5, 0.6) is 0 Å². The van der Waals surface area contributed by atoms with E-state index in [0.717, 1.165) is 25.3 Å². The predicted molar refractivity (Wildman–Crippen MR) is 81.1 cm³/mol. The molecule has 1 aliphatic carbocycles. The summed E-state index contributed by atoms with van der Waals surface area (Å²) < 4.78 is 0. The van der Waals surface area contributed by atoms with Crippen molar-refractivity contribution in [3.8, 4) is 0 Å². The van der Waals surface area contributed by atoms with Gasteiger partial charge in [0.05, 0.1) is 5.41 Å². The third kappa shape index (κ3) is 3.89. The number of urea groups is 1. The lowest BCUT2D eigenvalue weighted by atomic mass is 9.75.